The Labute approximate surface area is 153 Å². The molecule has 0 saturated heterocycles. The maximum Gasteiger partial charge on any atom is 0.168 e. The summed E-state index contributed by atoms with van der Waals surface area (Å²) in [6.07, 6.45) is 0. The van der Waals surface area contributed by atoms with Crippen LogP contribution < -0.4 is 0 Å². The van der Waals surface area contributed by atoms with Gasteiger partial charge in [-0.1, -0.05) is 66.2 Å². The predicted octanol–water partition coefficient (Wildman–Crippen LogP) is 5.59. The molecule has 0 atom stereocenters. The van der Waals surface area contributed by atoms with E-state index in [9.17, 15) is 0 Å². The third-order valence-corrected chi connectivity index (χ3v) is 6.38. The normalized spacial score (nSPS) is 13.5. The predicted molar refractivity (Wildman–Crippen MR) is 113 cm³/mol. The first-order chi connectivity index (χ1) is 10.7. The third kappa shape index (κ3) is 6.97. The van der Waals surface area contributed by atoms with Crippen molar-refractivity contribution < 1.29 is 4.43 Å². The van der Waals surface area contributed by atoms with Gasteiger partial charge in [0.15, 0.2) is 9.76 Å². The van der Waals surface area contributed by atoms with Crippen LogP contribution in [0.5, 0.6) is 0 Å². The van der Waals surface area contributed by atoms with Gasteiger partial charge in [-0.3, -0.25) is 0 Å². The van der Waals surface area contributed by atoms with Gasteiger partial charge in [-0.25, -0.2) is 0 Å². The van der Waals surface area contributed by atoms with Gasteiger partial charge in [-0.05, 0) is 48.1 Å². The van der Waals surface area contributed by atoms with Crippen molar-refractivity contribution in [3.8, 4) is 11.5 Å². The maximum atomic E-state index is 6.43. The van der Waals surface area contributed by atoms with E-state index in [0.29, 0.717) is 11.0 Å². The van der Waals surface area contributed by atoms with Gasteiger partial charge in [0.05, 0.1) is 5.60 Å². The molecule has 0 aliphatic rings. The van der Waals surface area contributed by atoms with E-state index in [0.717, 1.165) is 5.56 Å². The fraction of sp³-hybridized carbons (Fsp3) is 0.619. The molecule has 0 N–H and O–H groups in total. The van der Waals surface area contributed by atoms with E-state index in [1.165, 1.54) is 11.1 Å². The van der Waals surface area contributed by atoms with Gasteiger partial charge in [-0.2, -0.15) is 0 Å². The summed E-state index contributed by atoms with van der Waals surface area (Å²) >= 11 is 0. The van der Waals surface area contributed by atoms with E-state index < -0.39 is 17.8 Å². The molecule has 1 nitrogen and oxygen atoms in total. The molecule has 0 bridgehead atoms. The Hall–Kier alpha value is -0.826. The van der Waals surface area contributed by atoms with E-state index in [4.69, 9.17) is 4.43 Å². The Balaban J connectivity index is 3.21. The lowest BCUT2D eigenvalue weighted by molar-refractivity contribution is 0.108. The van der Waals surface area contributed by atoms with Crippen LogP contribution in [0, 0.1) is 11.5 Å². The molecule has 1 rings (SSSR count). The second-order valence-electron chi connectivity index (χ2n) is 9.82. The monoisotopic (exact) mass is 360 g/mol. The molecule has 0 unspecified atom stereocenters. The van der Waals surface area contributed by atoms with Crippen molar-refractivity contribution in [2.45, 2.75) is 84.7 Å². The van der Waals surface area contributed by atoms with Crippen molar-refractivity contribution in [3.05, 3.63) is 34.9 Å². The van der Waals surface area contributed by atoms with Crippen LogP contribution >= 0.6 is 0 Å². The summed E-state index contributed by atoms with van der Waals surface area (Å²) in [4.78, 5) is 0. The molecule has 0 fully saturated rings. The van der Waals surface area contributed by atoms with E-state index in [1.54, 1.807) is 0 Å². The van der Waals surface area contributed by atoms with Crippen LogP contribution in [0.15, 0.2) is 18.2 Å². The summed E-state index contributed by atoms with van der Waals surface area (Å²) in [5.74, 6) is 3.86. The number of hydrogen-bond donors (Lipinski definition) is 0. The molecule has 0 aliphatic heterocycles. The lowest BCUT2D eigenvalue weighted by Crippen LogP contribution is -2.29. The van der Waals surface area contributed by atoms with Crippen molar-refractivity contribution in [1.82, 2.24) is 0 Å². The average molecular weight is 361 g/mol. The molecule has 0 radical (unpaired) electrons. The van der Waals surface area contributed by atoms with Gasteiger partial charge in [-0.15, -0.1) is 5.54 Å². The Morgan fingerprint density at radius 3 is 2.08 bits per heavy atom. The lowest BCUT2D eigenvalue weighted by Gasteiger charge is -2.33. The highest BCUT2D eigenvalue weighted by molar-refractivity contribution is 6.83. The van der Waals surface area contributed by atoms with E-state index in [-0.39, 0.29) is 5.60 Å². The highest BCUT2D eigenvalue weighted by atomic mass is 28.3. The molecule has 1 aromatic carbocycles. The second-order valence-corrected chi connectivity index (χ2v) is 17.3. The van der Waals surface area contributed by atoms with Gasteiger partial charge >= 0.3 is 0 Å². The number of hydrogen-bond acceptors (Lipinski definition) is 1. The van der Waals surface area contributed by atoms with E-state index in [2.05, 4.69) is 97.8 Å². The topological polar surface area (TPSA) is 9.23 Å². The molecule has 0 amide bonds. The van der Waals surface area contributed by atoms with Gasteiger partial charge in [0.25, 0.3) is 0 Å². The fourth-order valence-electron chi connectivity index (χ4n) is 2.40. The zero-order valence-electron chi connectivity index (χ0n) is 17.4. The van der Waals surface area contributed by atoms with Gasteiger partial charge < -0.3 is 4.43 Å². The SMILES string of the molecule is CC(C)c1cc(C#C[Si](C)(C)C)ccc1C(C)(C)O[SiH2]C(C)(C)C. The molecule has 3 heteroatoms. The smallest absolute Gasteiger partial charge is 0.168 e. The van der Waals surface area contributed by atoms with Gasteiger partial charge in [0.1, 0.15) is 8.07 Å². The largest absolute Gasteiger partial charge is 0.415 e. The number of rotatable bonds is 4. The minimum absolute atomic E-state index is 0.232. The average Bonchev–Trinajstić information content (AvgIpc) is 2.41. The lowest BCUT2D eigenvalue weighted by atomic mass is 9.87. The summed E-state index contributed by atoms with van der Waals surface area (Å²) in [6, 6.07) is 6.68. The molecule has 0 spiro atoms. The highest BCUT2D eigenvalue weighted by Gasteiger charge is 2.27. The van der Waals surface area contributed by atoms with Crippen LogP contribution in [0.3, 0.4) is 0 Å². The second kappa shape index (κ2) is 7.60. The summed E-state index contributed by atoms with van der Waals surface area (Å²) < 4.78 is 6.43. The summed E-state index contributed by atoms with van der Waals surface area (Å²) in [5, 5.41) is 0.304. The van der Waals surface area contributed by atoms with Crippen molar-refractivity contribution >= 4 is 17.8 Å². The van der Waals surface area contributed by atoms with Crippen LogP contribution in [0.2, 0.25) is 24.7 Å². The van der Waals surface area contributed by atoms with Crippen molar-refractivity contribution in [1.29, 1.82) is 0 Å². The van der Waals surface area contributed by atoms with E-state index in [1.807, 2.05) is 0 Å². The molecule has 24 heavy (non-hydrogen) atoms. The number of benzene rings is 1. The van der Waals surface area contributed by atoms with E-state index >= 15 is 0 Å². The Bertz CT molecular complexity index is 620. The van der Waals surface area contributed by atoms with Gasteiger partial charge in [0.2, 0.25) is 0 Å². The van der Waals surface area contributed by atoms with Gasteiger partial charge in [0, 0.05) is 5.56 Å². The quantitative estimate of drug-likeness (QED) is 0.502. The summed E-state index contributed by atoms with van der Waals surface area (Å²) in [6.45, 7) is 22.6. The third-order valence-electron chi connectivity index (χ3n) is 3.77. The fourth-order valence-corrected chi connectivity index (χ4v) is 3.87. The summed E-state index contributed by atoms with van der Waals surface area (Å²) in [7, 11) is -1.95. The van der Waals surface area contributed by atoms with Crippen LogP contribution in [-0.4, -0.2) is 17.8 Å². The molecule has 0 saturated carbocycles. The zero-order chi connectivity index (χ0) is 18.8. The molecule has 134 valence electrons. The first-order valence-corrected chi connectivity index (χ1v) is 13.8. The van der Waals surface area contributed by atoms with Crippen LogP contribution in [0.1, 0.15) is 71.1 Å². The van der Waals surface area contributed by atoms with Crippen molar-refractivity contribution in [2.24, 2.45) is 0 Å². The van der Waals surface area contributed by atoms with Crippen LogP contribution in [-0.2, 0) is 10.0 Å². The Morgan fingerprint density at radius 1 is 1.04 bits per heavy atom. The highest BCUT2D eigenvalue weighted by Crippen LogP contribution is 2.34. The van der Waals surface area contributed by atoms with Crippen molar-refractivity contribution in [2.75, 3.05) is 0 Å². The van der Waals surface area contributed by atoms with Crippen LogP contribution in [0.4, 0.5) is 0 Å². The van der Waals surface area contributed by atoms with Crippen molar-refractivity contribution in [3.63, 3.8) is 0 Å². The Morgan fingerprint density at radius 2 is 1.62 bits per heavy atom. The van der Waals surface area contributed by atoms with Crippen LogP contribution in [0.25, 0.3) is 0 Å². The minimum atomic E-state index is -1.35. The Kier molecular flexibility index (Phi) is 6.72. The molecule has 0 heterocycles. The molecule has 0 aliphatic carbocycles. The standard InChI is InChI=1S/C21H36OSi2/c1-16(2)18-15-17(13-14-24(8,9)10)11-12-19(18)21(6,7)22-23-20(3,4)5/h11-12,15-16H,23H2,1-10H3. The minimum Gasteiger partial charge on any atom is -0.415 e. The molecule has 0 aromatic heterocycles. The zero-order valence-corrected chi connectivity index (χ0v) is 19.8. The summed E-state index contributed by atoms with van der Waals surface area (Å²) in [5.41, 5.74) is 7.05. The maximum absolute atomic E-state index is 6.43. The molecule has 1 aromatic rings. The first kappa shape index (κ1) is 21.2. The first-order valence-electron chi connectivity index (χ1n) is 9.03. The molecular weight excluding hydrogens is 324 g/mol. The molecular formula is C21H36OSi2.